The number of piperazine rings is 2. The lowest BCUT2D eigenvalue weighted by Gasteiger charge is -2.54. The Hall–Kier alpha value is -0.240. The molecular weight excluding hydrogens is 504 g/mol. The van der Waals surface area contributed by atoms with Crippen LogP contribution in [0.4, 0.5) is 0 Å². The molecule has 8 aliphatic rings. The van der Waals surface area contributed by atoms with Gasteiger partial charge in [0.15, 0.2) is 0 Å². The molecule has 0 saturated carbocycles. The summed E-state index contributed by atoms with van der Waals surface area (Å²) < 4.78 is 0. The fourth-order valence-electron chi connectivity index (χ4n) is 9.74. The second kappa shape index (κ2) is 13.8. The van der Waals surface area contributed by atoms with E-state index >= 15 is 0 Å². The first-order valence-corrected chi connectivity index (χ1v) is 18.0. The Morgan fingerprint density at radius 1 is 0.610 bits per heavy atom. The molecule has 8 fully saturated rings. The second-order valence-corrected chi connectivity index (χ2v) is 16.1. The third-order valence-electron chi connectivity index (χ3n) is 12.7. The van der Waals surface area contributed by atoms with Gasteiger partial charge in [-0.2, -0.15) is 0 Å². The van der Waals surface area contributed by atoms with Crippen LogP contribution in [0.5, 0.6) is 0 Å². The van der Waals surface area contributed by atoms with Crippen molar-refractivity contribution in [3.8, 4) is 0 Å². The molecule has 8 rings (SSSR count). The van der Waals surface area contributed by atoms with Crippen molar-refractivity contribution in [2.45, 2.75) is 143 Å². The maximum absolute atomic E-state index is 2.95. The first-order valence-electron chi connectivity index (χ1n) is 18.0. The molecule has 0 aromatic heterocycles. The highest BCUT2D eigenvalue weighted by atomic mass is 15.3. The van der Waals surface area contributed by atoms with Crippen molar-refractivity contribution in [1.82, 2.24) is 29.4 Å². The van der Waals surface area contributed by atoms with Crippen LogP contribution in [-0.4, -0.2) is 143 Å². The van der Waals surface area contributed by atoms with Crippen LogP contribution in [0.2, 0.25) is 0 Å². The average molecular weight is 573 g/mol. The molecule has 0 radical (unpaired) electrons. The summed E-state index contributed by atoms with van der Waals surface area (Å²) in [5, 5.41) is 0. The summed E-state index contributed by atoms with van der Waals surface area (Å²) in [6.45, 7) is 35.3. The van der Waals surface area contributed by atoms with E-state index in [4.69, 9.17) is 0 Å². The zero-order valence-corrected chi connectivity index (χ0v) is 28.6. The SMILES string of the molecule is CC(C)N1CCC(CN2CC(C3CC(C)N4CC(C)N(CC5CCN(CC5)C3C)[C@@H](C)C4)N(C(C)C)C[C@H]2C)CC1. The number of likely N-dealkylation sites (tertiary alicyclic amines) is 1. The number of piperidine rings is 2. The van der Waals surface area contributed by atoms with Crippen LogP contribution in [-0.2, 0) is 0 Å². The molecule has 0 aromatic rings. The fourth-order valence-corrected chi connectivity index (χ4v) is 9.74. The van der Waals surface area contributed by atoms with Crippen LogP contribution < -0.4 is 0 Å². The molecule has 7 unspecified atom stereocenters. The zero-order valence-electron chi connectivity index (χ0n) is 28.6. The van der Waals surface area contributed by atoms with Crippen LogP contribution in [0.25, 0.3) is 0 Å². The van der Waals surface area contributed by atoms with Crippen molar-refractivity contribution in [3.63, 3.8) is 0 Å². The first-order chi connectivity index (χ1) is 19.5. The van der Waals surface area contributed by atoms with Crippen molar-refractivity contribution in [3.05, 3.63) is 0 Å². The Kier molecular flexibility index (Phi) is 10.8. The Bertz CT molecular complexity index is 790. The predicted octanol–water partition coefficient (Wildman–Crippen LogP) is 4.79. The summed E-state index contributed by atoms with van der Waals surface area (Å²) in [5.74, 6) is 2.46. The van der Waals surface area contributed by atoms with E-state index in [1.165, 1.54) is 97.6 Å². The van der Waals surface area contributed by atoms with Crippen LogP contribution in [0.1, 0.15) is 94.4 Å². The Morgan fingerprint density at radius 3 is 1.83 bits per heavy atom. The molecule has 0 amide bonds. The van der Waals surface area contributed by atoms with Crippen molar-refractivity contribution < 1.29 is 0 Å². The van der Waals surface area contributed by atoms with Crippen molar-refractivity contribution in [2.75, 3.05) is 65.4 Å². The van der Waals surface area contributed by atoms with Crippen LogP contribution in [0, 0.1) is 17.8 Å². The van der Waals surface area contributed by atoms with Gasteiger partial charge in [-0.25, -0.2) is 0 Å². The maximum atomic E-state index is 2.95. The van der Waals surface area contributed by atoms with E-state index in [0.717, 1.165) is 11.8 Å². The van der Waals surface area contributed by atoms with Gasteiger partial charge in [0.05, 0.1) is 0 Å². The highest BCUT2D eigenvalue weighted by molar-refractivity contribution is 4.99. The summed E-state index contributed by atoms with van der Waals surface area (Å²) in [5.41, 5.74) is 0. The molecule has 9 atom stereocenters. The van der Waals surface area contributed by atoms with Gasteiger partial charge < -0.3 is 9.80 Å². The third-order valence-corrected chi connectivity index (χ3v) is 12.7. The summed E-state index contributed by atoms with van der Waals surface area (Å²) in [7, 11) is 0. The molecule has 0 aliphatic carbocycles. The minimum absolute atomic E-state index is 0.611. The molecule has 4 bridgehead atoms. The Balaban J connectivity index is 1.37. The zero-order chi connectivity index (χ0) is 29.4. The van der Waals surface area contributed by atoms with Gasteiger partial charge in [-0.05, 0) is 138 Å². The molecule has 8 aliphatic heterocycles. The molecule has 8 saturated heterocycles. The molecule has 41 heavy (non-hydrogen) atoms. The van der Waals surface area contributed by atoms with Gasteiger partial charge in [-0.3, -0.25) is 19.6 Å². The number of nitrogens with zero attached hydrogens (tertiary/aromatic N) is 6. The van der Waals surface area contributed by atoms with Gasteiger partial charge in [-0.1, -0.05) is 0 Å². The lowest BCUT2D eigenvalue weighted by atomic mass is 9.81. The standard InChI is InChI=1S/C35H68N6/c1-25(2)36-14-10-32(11-15-36)22-39-24-35(40(26(3)4)21-28(39)6)34-18-27(5)38-19-29(7)41(30(8)20-38)23-33-12-16-37(17-13-33)31(34)9/h25-35H,10-24H2,1-9H3/t27?,28-,29+,30?,31?,34?,35?/m1/s1. The summed E-state index contributed by atoms with van der Waals surface area (Å²) in [4.78, 5) is 17.3. The second-order valence-electron chi connectivity index (χ2n) is 16.1. The quantitative estimate of drug-likeness (QED) is 0.468. The molecule has 6 nitrogen and oxygen atoms in total. The lowest BCUT2D eigenvalue weighted by molar-refractivity contribution is -0.0477. The minimum atomic E-state index is 0.611. The number of hydrogen-bond donors (Lipinski definition) is 0. The van der Waals surface area contributed by atoms with Gasteiger partial charge in [0, 0.05) is 87.6 Å². The highest BCUT2D eigenvalue weighted by Gasteiger charge is 2.44. The Labute approximate surface area is 255 Å². The molecule has 0 N–H and O–H groups in total. The van der Waals surface area contributed by atoms with Crippen molar-refractivity contribution in [2.24, 2.45) is 17.8 Å². The predicted molar refractivity (Wildman–Crippen MR) is 175 cm³/mol. The van der Waals surface area contributed by atoms with E-state index in [-0.39, 0.29) is 0 Å². The monoisotopic (exact) mass is 573 g/mol. The van der Waals surface area contributed by atoms with Gasteiger partial charge in [-0.15, -0.1) is 0 Å². The normalized spacial score (nSPS) is 44.7. The van der Waals surface area contributed by atoms with E-state index in [1.807, 2.05) is 0 Å². The average Bonchev–Trinajstić information content (AvgIpc) is 2.95. The van der Waals surface area contributed by atoms with Gasteiger partial charge in [0.25, 0.3) is 0 Å². The van der Waals surface area contributed by atoms with E-state index < -0.39 is 0 Å². The molecule has 238 valence electrons. The lowest BCUT2D eigenvalue weighted by Crippen LogP contribution is -2.65. The van der Waals surface area contributed by atoms with Crippen LogP contribution in [0.15, 0.2) is 0 Å². The van der Waals surface area contributed by atoms with E-state index in [9.17, 15) is 0 Å². The largest absolute Gasteiger partial charge is 0.301 e. The van der Waals surface area contributed by atoms with Gasteiger partial charge >= 0.3 is 0 Å². The molecular formula is C35H68N6. The molecule has 8 heterocycles. The van der Waals surface area contributed by atoms with E-state index in [1.54, 1.807) is 0 Å². The molecule has 0 spiro atoms. The van der Waals surface area contributed by atoms with Crippen LogP contribution in [0.3, 0.4) is 0 Å². The summed E-state index contributed by atoms with van der Waals surface area (Å²) in [6.07, 6.45) is 6.89. The van der Waals surface area contributed by atoms with E-state index in [2.05, 4.69) is 91.7 Å². The first kappa shape index (κ1) is 32.2. The fraction of sp³-hybridized carbons (Fsp3) is 1.00. The summed E-state index contributed by atoms with van der Waals surface area (Å²) in [6, 6.07) is 5.27. The van der Waals surface area contributed by atoms with Crippen molar-refractivity contribution >= 4 is 0 Å². The highest BCUT2D eigenvalue weighted by Crippen LogP contribution is 2.36. The number of hydrogen-bond acceptors (Lipinski definition) is 6. The number of rotatable bonds is 5. The molecule has 6 heteroatoms. The van der Waals surface area contributed by atoms with Crippen molar-refractivity contribution in [1.29, 1.82) is 0 Å². The van der Waals surface area contributed by atoms with Gasteiger partial charge in [0.2, 0.25) is 0 Å². The smallest absolute Gasteiger partial charge is 0.0270 e. The summed E-state index contributed by atoms with van der Waals surface area (Å²) >= 11 is 0. The van der Waals surface area contributed by atoms with E-state index in [0.29, 0.717) is 54.3 Å². The topological polar surface area (TPSA) is 19.4 Å². The van der Waals surface area contributed by atoms with Crippen LogP contribution >= 0.6 is 0 Å². The molecule has 0 aromatic carbocycles. The van der Waals surface area contributed by atoms with Gasteiger partial charge in [0.1, 0.15) is 0 Å². The Morgan fingerprint density at radius 2 is 1.24 bits per heavy atom. The minimum Gasteiger partial charge on any atom is -0.301 e. The maximum Gasteiger partial charge on any atom is 0.0270 e. The third kappa shape index (κ3) is 7.36.